The minimum atomic E-state index is -0.210. The van der Waals surface area contributed by atoms with Crippen LogP contribution in [-0.4, -0.2) is 61.0 Å². The molecule has 0 bridgehead atoms. The van der Waals surface area contributed by atoms with Crippen molar-refractivity contribution >= 4 is 23.0 Å². The van der Waals surface area contributed by atoms with Gasteiger partial charge in [-0.2, -0.15) is 0 Å². The first kappa shape index (κ1) is 17.6. The third kappa shape index (κ3) is 3.56. The zero-order valence-electron chi connectivity index (χ0n) is 15.1. The zero-order valence-corrected chi connectivity index (χ0v) is 15.1. The Balaban J connectivity index is 1.65. The predicted octanol–water partition coefficient (Wildman–Crippen LogP) is 2.30. The second-order valence-electron chi connectivity index (χ2n) is 6.70. The highest BCUT2D eigenvalue weighted by atomic mass is 16.5. The van der Waals surface area contributed by atoms with Crippen LogP contribution in [0, 0.1) is 0 Å². The van der Waals surface area contributed by atoms with Crippen LogP contribution < -0.4 is 0 Å². The van der Waals surface area contributed by atoms with Crippen LogP contribution in [0.1, 0.15) is 11.1 Å². The van der Waals surface area contributed by atoms with Crippen molar-refractivity contribution < 1.29 is 14.3 Å². The van der Waals surface area contributed by atoms with Crippen LogP contribution in [0.4, 0.5) is 0 Å². The molecule has 0 atom stereocenters. The molecule has 0 N–H and O–H groups in total. The molecule has 2 aromatic carbocycles. The number of hydrogen-bond acceptors (Lipinski definition) is 4. The molecular weight excluding hydrogens is 340 g/mol. The molecule has 0 unspecified atom stereocenters. The number of ether oxygens (including phenoxy) is 1. The first-order chi connectivity index (χ1) is 13.3. The Morgan fingerprint density at radius 1 is 0.704 bits per heavy atom. The summed E-state index contributed by atoms with van der Waals surface area (Å²) in [6.07, 6.45) is 0. The van der Waals surface area contributed by atoms with Gasteiger partial charge in [0, 0.05) is 26.2 Å². The van der Waals surface area contributed by atoms with Crippen LogP contribution in [-0.2, 0) is 14.3 Å². The number of carbonyl (C=O) groups excluding carboxylic acids is 2. The summed E-state index contributed by atoms with van der Waals surface area (Å²) in [6.45, 7) is 4.13. The first-order valence-electron chi connectivity index (χ1n) is 9.27. The molecule has 2 amide bonds. The molecule has 138 valence electrons. The van der Waals surface area contributed by atoms with E-state index in [1.54, 1.807) is 0 Å². The second-order valence-corrected chi connectivity index (χ2v) is 6.70. The van der Waals surface area contributed by atoms with Crippen molar-refractivity contribution in [3.05, 3.63) is 71.8 Å². The summed E-state index contributed by atoms with van der Waals surface area (Å²) >= 11 is 0. The lowest BCUT2D eigenvalue weighted by Gasteiger charge is -2.28. The van der Waals surface area contributed by atoms with Crippen LogP contribution in [0.2, 0.25) is 0 Å². The smallest absolute Gasteiger partial charge is 0.262 e. The molecule has 0 aromatic heterocycles. The Bertz CT molecular complexity index is 794. The summed E-state index contributed by atoms with van der Waals surface area (Å²) in [5.74, 6) is -0.420. The van der Waals surface area contributed by atoms with E-state index in [1.165, 1.54) is 4.90 Å². The number of nitrogens with zero attached hydrogens (tertiary/aromatic N) is 2. The predicted molar refractivity (Wildman–Crippen MR) is 104 cm³/mol. The van der Waals surface area contributed by atoms with Gasteiger partial charge >= 0.3 is 0 Å². The van der Waals surface area contributed by atoms with Crippen LogP contribution in [0.5, 0.6) is 0 Å². The summed E-state index contributed by atoms with van der Waals surface area (Å²) < 4.78 is 5.37. The lowest BCUT2D eigenvalue weighted by Crippen LogP contribution is -2.43. The molecular formula is C22H22N2O3. The fourth-order valence-corrected chi connectivity index (χ4v) is 3.59. The fourth-order valence-electron chi connectivity index (χ4n) is 3.59. The number of carbonyl (C=O) groups is 2. The van der Waals surface area contributed by atoms with Crippen LogP contribution in [0.3, 0.4) is 0 Å². The molecule has 27 heavy (non-hydrogen) atoms. The third-order valence-electron chi connectivity index (χ3n) is 5.04. The van der Waals surface area contributed by atoms with Crippen molar-refractivity contribution in [3.63, 3.8) is 0 Å². The van der Waals surface area contributed by atoms with E-state index in [0.29, 0.717) is 37.4 Å². The number of rotatable bonds is 5. The van der Waals surface area contributed by atoms with Gasteiger partial charge in [0.15, 0.2) is 0 Å². The van der Waals surface area contributed by atoms with Crippen molar-refractivity contribution in [1.82, 2.24) is 9.80 Å². The molecule has 4 rings (SSSR count). The number of hydrogen-bond donors (Lipinski definition) is 0. The highest BCUT2D eigenvalue weighted by molar-refractivity contribution is 6.48. The zero-order chi connectivity index (χ0) is 18.6. The van der Waals surface area contributed by atoms with Gasteiger partial charge < -0.3 is 4.74 Å². The molecule has 2 heterocycles. The standard InChI is InChI=1S/C22H22N2O3/c25-21-19(17-7-3-1-4-8-17)20(18-9-5-2-6-10-18)22(26)24(21)12-11-23-13-15-27-16-14-23/h1-10H,11-16H2. The highest BCUT2D eigenvalue weighted by Gasteiger charge is 2.39. The van der Waals surface area contributed by atoms with Gasteiger partial charge in [0.05, 0.1) is 24.4 Å². The maximum Gasteiger partial charge on any atom is 0.262 e. The molecule has 1 fully saturated rings. The molecule has 0 saturated carbocycles. The molecule has 1 saturated heterocycles. The quantitative estimate of drug-likeness (QED) is 0.766. The largest absolute Gasteiger partial charge is 0.379 e. The Morgan fingerprint density at radius 2 is 1.19 bits per heavy atom. The lowest BCUT2D eigenvalue weighted by molar-refractivity contribution is -0.136. The Morgan fingerprint density at radius 3 is 1.67 bits per heavy atom. The first-order valence-corrected chi connectivity index (χ1v) is 9.27. The van der Waals surface area contributed by atoms with Crippen LogP contribution in [0.25, 0.3) is 11.1 Å². The van der Waals surface area contributed by atoms with E-state index in [4.69, 9.17) is 4.74 Å². The van der Waals surface area contributed by atoms with Crippen molar-refractivity contribution in [1.29, 1.82) is 0 Å². The Labute approximate surface area is 158 Å². The van der Waals surface area contributed by atoms with Gasteiger partial charge in [-0.3, -0.25) is 19.4 Å². The topological polar surface area (TPSA) is 49.9 Å². The van der Waals surface area contributed by atoms with Crippen molar-refractivity contribution in [2.24, 2.45) is 0 Å². The lowest BCUT2D eigenvalue weighted by atomic mass is 9.96. The Kier molecular flexibility index (Phi) is 5.14. The Hall–Kier alpha value is -2.76. The molecule has 2 aliphatic heterocycles. The maximum absolute atomic E-state index is 13.2. The molecule has 0 radical (unpaired) electrons. The van der Waals surface area contributed by atoms with E-state index >= 15 is 0 Å². The van der Waals surface area contributed by atoms with Crippen LogP contribution in [0.15, 0.2) is 60.7 Å². The monoisotopic (exact) mass is 362 g/mol. The number of imide groups is 1. The maximum atomic E-state index is 13.2. The number of amides is 2. The van der Waals surface area contributed by atoms with E-state index in [9.17, 15) is 9.59 Å². The minimum absolute atomic E-state index is 0.210. The molecule has 0 aliphatic carbocycles. The van der Waals surface area contributed by atoms with Gasteiger partial charge in [0.1, 0.15) is 0 Å². The van der Waals surface area contributed by atoms with Gasteiger partial charge in [-0.15, -0.1) is 0 Å². The van der Waals surface area contributed by atoms with Crippen molar-refractivity contribution in [3.8, 4) is 0 Å². The molecule has 2 aliphatic rings. The fraction of sp³-hybridized carbons (Fsp3) is 0.273. The third-order valence-corrected chi connectivity index (χ3v) is 5.04. The second kappa shape index (κ2) is 7.86. The van der Waals surface area contributed by atoms with Gasteiger partial charge in [-0.1, -0.05) is 60.7 Å². The molecule has 0 spiro atoms. The van der Waals surface area contributed by atoms with E-state index in [0.717, 1.165) is 24.2 Å². The SMILES string of the molecule is O=C1C(c2ccccc2)=C(c2ccccc2)C(=O)N1CCN1CCOCC1. The summed E-state index contributed by atoms with van der Waals surface area (Å²) in [7, 11) is 0. The van der Waals surface area contributed by atoms with Gasteiger partial charge in [0.25, 0.3) is 11.8 Å². The van der Waals surface area contributed by atoms with Gasteiger partial charge in [-0.25, -0.2) is 0 Å². The average Bonchev–Trinajstić information content (AvgIpc) is 2.98. The van der Waals surface area contributed by atoms with E-state index in [-0.39, 0.29) is 11.8 Å². The average molecular weight is 362 g/mol. The van der Waals surface area contributed by atoms with E-state index < -0.39 is 0 Å². The highest BCUT2D eigenvalue weighted by Crippen LogP contribution is 2.35. The van der Waals surface area contributed by atoms with Crippen LogP contribution >= 0.6 is 0 Å². The minimum Gasteiger partial charge on any atom is -0.379 e. The van der Waals surface area contributed by atoms with Gasteiger partial charge in [-0.05, 0) is 11.1 Å². The summed E-state index contributed by atoms with van der Waals surface area (Å²) in [5, 5.41) is 0. The van der Waals surface area contributed by atoms with Gasteiger partial charge in [0.2, 0.25) is 0 Å². The normalized spacial score (nSPS) is 18.4. The summed E-state index contributed by atoms with van der Waals surface area (Å²) in [4.78, 5) is 30.0. The summed E-state index contributed by atoms with van der Waals surface area (Å²) in [6, 6.07) is 18.9. The van der Waals surface area contributed by atoms with E-state index in [1.807, 2.05) is 60.7 Å². The molecule has 2 aromatic rings. The molecule has 5 nitrogen and oxygen atoms in total. The summed E-state index contributed by atoms with van der Waals surface area (Å²) in [5.41, 5.74) is 2.55. The number of morpholine rings is 1. The number of benzene rings is 2. The van der Waals surface area contributed by atoms with E-state index in [2.05, 4.69) is 4.90 Å². The van der Waals surface area contributed by atoms with Crippen molar-refractivity contribution in [2.75, 3.05) is 39.4 Å². The van der Waals surface area contributed by atoms with Crippen molar-refractivity contribution in [2.45, 2.75) is 0 Å². The molecule has 5 heteroatoms.